The van der Waals surface area contributed by atoms with Gasteiger partial charge in [-0.2, -0.15) is 5.26 Å². The molecule has 0 fully saturated rings. The first kappa shape index (κ1) is 24.2. The maximum Gasteiger partial charge on any atom is 0.118 e. The Kier molecular flexibility index (Phi) is 9.10. The zero-order valence-corrected chi connectivity index (χ0v) is 20.4. The van der Waals surface area contributed by atoms with Crippen LogP contribution < -0.4 is 0 Å². The van der Waals surface area contributed by atoms with Gasteiger partial charge in [-0.1, -0.05) is 95.4 Å². The van der Waals surface area contributed by atoms with Crippen molar-refractivity contribution >= 4 is 0 Å². The lowest BCUT2D eigenvalue weighted by molar-refractivity contribution is 0.642. The van der Waals surface area contributed by atoms with E-state index in [0.717, 1.165) is 44.2 Å². The minimum atomic E-state index is -0.574. The number of nitrogens with zero attached hydrogens (tertiary/aromatic N) is 2. The van der Waals surface area contributed by atoms with Crippen molar-refractivity contribution in [1.29, 1.82) is 5.26 Å². The third-order valence-corrected chi connectivity index (χ3v) is 6.84. The Morgan fingerprint density at radius 3 is 2.34 bits per heavy atom. The van der Waals surface area contributed by atoms with Crippen LogP contribution in [-0.4, -0.2) is 4.98 Å². The molecule has 0 saturated carbocycles. The predicted octanol–water partition coefficient (Wildman–Crippen LogP) is 8.28. The van der Waals surface area contributed by atoms with Crippen LogP contribution in [0.1, 0.15) is 101 Å². The molecule has 1 aliphatic rings. The predicted molar refractivity (Wildman–Crippen MR) is 136 cm³/mol. The van der Waals surface area contributed by atoms with Crippen molar-refractivity contribution in [2.24, 2.45) is 0 Å². The van der Waals surface area contributed by atoms with E-state index in [2.05, 4.69) is 69.3 Å². The van der Waals surface area contributed by atoms with E-state index in [-0.39, 0.29) is 0 Å². The molecule has 32 heavy (non-hydrogen) atoms. The molecule has 1 atom stereocenters. The van der Waals surface area contributed by atoms with Crippen LogP contribution >= 0.6 is 0 Å². The van der Waals surface area contributed by atoms with Gasteiger partial charge in [0.2, 0.25) is 0 Å². The van der Waals surface area contributed by atoms with Crippen molar-refractivity contribution in [3.8, 4) is 17.2 Å². The number of benzene rings is 1. The molecule has 0 radical (unpaired) electrons. The van der Waals surface area contributed by atoms with Crippen LogP contribution in [0.5, 0.6) is 0 Å². The Hall–Kier alpha value is -2.40. The van der Waals surface area contributed by atoms with Gasteiger partial charge in [0.1, 0.15) is 5.41 Å². The first-order valence-corrected chi connectivity index (χ1v) is 12.9. The largest absolute Gasteiger partial charge is 0.255 e. The Bertz CT molecular complexity index is 936. The number of pyridine rings is 1. The average molecular weight is 429 g/mol. The molecule has 1 heterocycles. The van der Waals surface area contributed by atoms with Crippen molar-refractivity contribution < 1.29 is 0 Å². The number of hydrogen-bond donors (Lipinski definition) is 0. The van der Waals surface area contributed by atoms with Gasteiger partial charge >= 0.3 is 0 Å². The fourth-order valence-corrected chi connectivity index (χ4v) is 5.05. The maximum absolute atomic E-state index is 10.3. The monoisotopic (exact) mass is 428 g/mol. The van der Waals surface area contributed by atoms with Crippen LogP contribution in [0.4, 0.5) is 0 Å². The summed E-state index contributed by atoms with van der Waals surface area (Å²) in [4.78, 5) is 5.32. The number of aromatic nitrogens is 1. The van der Waals surface area contributed by atoms with Gasteiger partial charge in [-0.05, 0) is 67.2 Å². The minimum absolute atomic E-state index is 0.574. The smallest absolute Gasteiger partial charge is 0.118 e. The van der Waals surface area contributed by atoms with E-state index in [0.29, 0.717) is 0 Å². The van der Waals surface area contributed by atoms with E-state index in [1.54, 1.807) is 0 Å². The van der Waals surface area contributed by atoms with E-state index in [9.17, 15) is 5.26 Å². The Labute approximate surface area is 195 Å². The second kappa shape index (κ2) is 12.0. The summed E-state index contributed by atoms with van der Waals surface area (Å²) in [6.45, 7) is 6.71. The number of hydrogen-bond acceptors (Lipinski definition) is 2. The first-order chi connectivity index (χ1) is 15.7. The summed E-state index contributed by atoms with van der Waals surface area (Å²) >= 11 is 0. The zero-order valence-electron chi connectivity index (χ0n) is 20.4. The van der Waals surface area contributed by atoms with Crippen LogP contribution in [0.15, 0.2) is 42.5 Å². The summed E-state index contributed by atoms with van der Waals surface area (Å²) in [5.74, 6) is 0. The van der Waals surface area contributed by atoms with Crippen molar-refractivity contribution in [1.82, 2.24) is 4.98 Å². The van der Waals surface area contributed by atoms with Gasteiger partial charge in [-0.3, -0.25) is 4.98 Å². The highest BCUT2D eigenvalue weighted by Crippen LogP contribution is 2.45. The van der Waals surface area contributed by atoms with Crippen molar-refractivity contribution in [2.75, 3.05) is 0 Å². The summed E-state index contributed by atoms with van der Waals surface area (Å²) in [6, 6.07) is 13.6. The van der Waals surface area contributed by atoms with E-state index in [4.69, 9.17) is 4.98 Å². The minimum Gasteiger partial charge on any atom is -0.255 e. The molecule has 1 aliphatic carbocycles. The third-order valence-electron chi connectivity index (χ3n) is 6.84. The lowest BCUT2D eigenvalue weighted by Gasteiger charge is -2.23. The fraction of sp³-hybridized carbons (Fsp3) is 0.533. The second-order valence-corrected chi connectivity index (χ2v) is 9.29. The Morgan fingerprint density at radius 2 is 1.69 bits per heavy atom. The molecular weight excluding hydrogens is 388 g/mol. The van der Waals surface area contributed by atoms with Crippen LogP contribution in [0.2, 0.25) is 0 Å². The highest BCUT2D eigenvalue weighted by atomic mass is 14.8. The SMILES string of the molecule is CCCC=C[C@]1(C#N)CCc2c1nc(CCCCC)c(CCCCC)c2-c1ccccc1. The Balaban J connectivity index is 2.20. The summed E-state index contributed by atoms with van der Waals surface area (Å²) in [7, 11) is 0. The van der Waals surface area contributed by atoms with E-state index < -0.39 is 5.41 Å². The lowest BCUT2D eigenvalue weighted by Crippen LogP contribution is -2.20. The molecule has 0 bridgehead atoms. The lowest BCUT2D eigenvalue weighted by atomic mass is 9.83. The van der Waals surface area contributed by atoms with E-state index >= 15 is 0 Å². The summed E-state index contributed by atoms with van der Waals surface area (Å²) in [5, 5.41) is 10.3. The topological polar surface area (TPSA) is 36.7 Å². The summed E-state index contributed by atoms with van der Waals surface area (Å²) in [5.41, 5.74) is 7.17. The molecule has 0 aliphatic heterocycles. The van der Waals surface area contributed by atoms with Crippen LogP contribution in [0.3, 0.4) is 0 Å². The molecule has 0 saturated heterocycles. The van der Waals surface area contributed by atoms with Gasteiger partial charge in [0.15, 0.2) is 0 Å². The average Bonchev–Trinajstić information content (AvgIpc) is 3.18. The first-order valence-electron chi connectivity index (χ1n) is 12.9. The molecule has 170 valence electrons. The molecule has 0 unspecified atom stereocenters. The summed E-state index contributed by atoms with van der Waals surface area (Å²) in [6.07, 6.45) is 17.7. The molecule has 0 amide bonds. The van der Waals surface area contributed by atoms with E-state index in [1.165, 1.54) is 66.5 Å². The number of aryl methyl sites for hydroxylation is 1. The van der Waals surface area contributed by atoms with Crippen LogP contribution in [0, 0.1) is 11.3 Å². The number of rotatable bonds is 12. The summed E-state index contributed by atoms with van der Waals surface area (Å²) < 4.78 is 0. The van der Waals surface area contributed by atoms with Crippen molar-refractivity contribution in [3.05, 3.63) is 65.0 Å². The van der Waals surface area contributed by atoms with E-state index in [1.807, 2.05) is 0 Å². The Morgan fingerprint density at radius 1 is 0.969 bits per heavy atom. The van der Waals surface area contributed by atoms with Gasteiger partial charge in [0, 0.05) is 5.69 Å². The number of unbranched alkanes of at least 4 members (excludes halogenated alkanes) is 5. The van der Waals surface area contributed by atoms with Crippen molar-refractivity contribution in [2.45, 2.75) is 103 Å². The maximum atomic E-state index is 10.3. The number of allylic oxidation sites excluding steroid dienone is 2. The van der Waals surface area contributed by atoms with Gasteiger partial charge in [0.25, 0.3) is 0 Å². The second-order valence-electron chi connectivity index (χ2n) is 9.29. The molecule has 2 nitrogen and oxygen atoms in total. The standard InChI is InChI=1S/C30H40N2/c1-4-7-11-18-25-27(19-12-8-5-2)32-29-26(28(25)24-16-13-10-14-17-24)20-22-30(29,23-31)21-15-9-6-3/h10,13-17,21H,4-9,11-12,18-20,22H2,1-3H3/t30-/m1/s1. The van der Waals surface area contributed by atoms with Gasteiger partial charge < -0.3 is 0 Å². The molecule has 0 spiro atoms. The third kappa shape index (κ3) is 5.32. The fourth-order valence-electron chi connectivity index (χ4n) is 5.05. The zero-order chi connectivity index (χ0) is 22.8. The molecule has 1 aromatic heterocycles. The molecule has 2 aromatic rings. The van der Waals surface area contributed by atoms with Gasteiger partial charge in [0.05, 0.1) is 11.8 Å². The highest BCUT2D eigenvalue weighted by Gasteiger charge is 2.41. The normalized spacial score (nSPS) is 17.6. The van der Waals surface area contributed by atoms with Crippen LogP contribution in [-0.2, 0) is 24.7 Å². The van der Waals surface area contributed by atoms with Crippen LogP contribution in [0.25, 0.3) is 11.1 Å². The molecule has 2 heteroatoms. The van der Waals surface area contributed by atoms with Gasteiger partial charge in [-0.15, -0.1) is 0 Å². The van der Waals surface area contributed by atoms with Gasteiger partial charge in [-0.25, -0.2) is 0 Å². The molecule has 3 rings (SSSR count). The van der Waals surface area contributed by atoms with Crippen molar-refractivity contribution in [3.63, 3.8) is 0 Å². The quantitative estimate of drug-likeness (QED) is 0.252. The number of fused-ring (bicyclic) bond motifs is 1. The molecular formula is C30H40N2. The number of nitriles is 1. The molecule has 1 aromatic carbocycles. The highest BCUT2D eigenvalue weighted by molar-refractivity contribution is 5.75. The molecule has 0 N–H and O–H groups in total.